The van der Waals surface area contributed by atoms with Gasteiger partial charge in [0.15, 0.2) is 5.92 Å². The number of rotatable bonds is 5. The zero-order valence-corrected chi connectivity index (χ0v) is 8.84. The molecule has 0 heterocycles. The van der Waals surface area contributed by atoms with Crippen molar-refractivity contribution in [3.63, 3.8) is 0 Å². The number of carbonyl (C=O) groups excluding carboxylic acids is 4. The molecule has 0 aliphatic carbocycles. The van der Waals surface area contributed by atoms with Crippen molar-refractivity contribution in [2.75, 3.05) is 6.61 Å². The minimum Gasteiger partial charge on any atom is -0.476 e. The molecular formula is C9H12O7. The molecule has 0 spiro atoms. The van der Waals surface area contributed by atoms with Crippen LogP contribution in [0.4, 0.5) is 0 Å². The Balaban J connectivity index is 0. The first kappa shape index (κ1) is 16.4. The highest BCUT2D eigenvalue weighted by molar-refractivity contribution is 6.31. The first-order chi connectivity index (χ1) is 7.40. The van der Waals surface area contributed by atoms with Crippen molar-refractivity contribution < 1.29 is 33.8 Å². The zero-order valence-electron chi connectivity index (χ0n) is 8.84. The number of ketones is 1. The maximum absolute atomic E-state index is 10.5. The van der Waals surface area contributed by atoms with Crippen LogP contribution >= 0.6 is 0 Å². The van der Waals surface area contributed by atoms with Gasteiger partial charge in [0.2, 0.25) is 5.78 Å². The monoisotopic (exact) mass is 232 g/mol. The standard InChI is InChI=1S/C6H8O4.C3H4O3/c1-2-10-6(9)5(3-7)4-8;1-2(4)3(5)6/h3-5H,2H2,1H3;1H3,(H,5,6). The van der Waals surface area contributed by atoms with E-state index in [-0.39, 0.29) is 19.2 Å². The minimum atomic E-state index is -1.38. The van der Waals surface area contributed by atoms with Crippen molar-refractivity contribution in [3.05, 3.63) is 0 Å². The van der Waals surface area contributed by atoms with E-state index in [1.54, 1.807) is 6.92 Å². The highest BCUT2D eigenvalue weighted by atomic mass is 16.5. The Kier molecular flexibility index (Phi) is 9.73. The Morgan fingerprint density at radius 1 is 1.25 bits per heavy atom. The summed E-state index contributed by atoms with van der Waals surface area (Å²) in [5, 5.41) is 7.64. The summed E-state index contributed by atoms with van der Waals surface area (Å²) in [7, 11) is 0. The first-order valence-corrected chi connectivity index (χ1v) is 4.21. The molecule has 90 valence electrons. The van der Waals surface area contributed by atoms with E-state index in [0.717, 1.165) is 6.92 Å². The summed E-state index contributed by atoms with van der Waals surface area (Å²) in [6.45, 7) is 2.78. The van der Waals surface area contributed by atoms with Gasteiger partial charge in [-0.25, -0.2) is 4.79 Å². The fourth-order valence-electron chi connectivity index (χ4n) is 0.382. The lowest BCUT2D eigenvalue weighted by Crippen LogP contribution is -2.19. The van der Waals surface area contributed by atoms with Crippen LogP contribution in [-0.4, -0.2) is 42.0 Å². The molecule has 0 aromatic heterocycles. The van der Waals surface area contributed by atoms with Crippen LogP contribution < -0.4 is 0 Å². The van der Waals surface area contributed by atoms with Crippen molar-refractivity contribution in [3.8, 4) is 0 Å². The molecule has 7 nitrogen and oxygen atoms in total. The molecule has 16 heavy (non-hydrogen) atoms. The Hall–Kier alpha value is -2.05. The number of carboxylic acid groups (broad SMARTS) is 1. The summed E-state index contributed by atoms with van der Waals surface area (Å²) < 4.78 is 4.38. The maximum atomic E-state index is 10.5. The van der Waals surface area contributed by atoms with Crippen LogP contribution in [0.5, 0.6) is 0 Å². The average molecular weight is 232 g/mol. The van der Waals surface area contributed by atoms with Gasteiger partial charge in [-0.1, -0.05) is 0 Å². The molecule has 0 bridgehead atoms. The van der Waals surface area contributed by atoms with Gasteiger partial charge in [0.25, 0.3) is 0 Å². The summed E-state index contributed by atoms with van der Waals surface area (Å²) in [6.07, 6.45) is 0.510. The third kappa shape index (κ3) is 8.54. The smallest absolute Gasteiger partial charge is 0.371 e. The summed E-state index contributed by atoms with van der Waals surface area (Å²) in [6, 6.07) is 0. The fourth-order valence-corrected chi connectivity index (χ4v) is 0.382. The molecule has 0 fully saturated rings. The molecule has 0 saturated carbocycles. The molecule has 0 saturated heterocycles. The molecule has 0 rings (SSSR count). The summed E-state index contributed by atoms with van der Waals surface area (Å²) >= 11 is 0. The van der Waals surface area contributed by atoms with Crippen LogP contribution in [-0.2, 0) is 28.7 Å². The Morgan fingerprint density at radius 3 is 1.81 bits per heavy atom. The molecule has 0 aliphatic rings. The van der Waals surface area contributed by atoms with E-state index in [1.165, 1.54) is 0 Å². The molecule has 0 atom stereocenters. The molecular weight excluding hydrogens is 220 g/mol. The van der Waals surface area contributed by atoms with Crippen LogP contribution in [0.3, 0.4) is 0 Å². The van der Waals surface area contributed by atoms with Gasteiger partial charge in [0, 0.05) is 6.92 Å². The van der Waals surface area contributed by atoms with Crippen LogP contribution in [0, 0.1) is 5.92 Å². The van der Waals surface area contributed by atoms with Crippen molar-refractivity contribution >= 4 is 30.3 Å². The molecule has 0 amide bonds. The summed E-state index contributed by atoms with van der Waals surface area (Å²) in [5.41, 5.74) is 0. The first-order valence-electron chi connectivity index (χ1n) is 4.21. The van der Waals surface area contributed by atoms with Crippen molar-refractivity contribution in [1.29, 1.82) is 0 Å². The van der Waals surface area contributed by atoms with Crippen LogP contribution in [0.15, 0.2) is 0 Å². The molecule has 7 heteroatoms. The summed E-state index contributed by atoms with van der Waals surface area (Å²) in [4.78, 5) is 49.3. The van der Waals surface area contributed by atoms with E-state index in [4.69, 9.17) is 5.11 Å². The van der Waals surface area contributed by atoms with Gasteiger partial charge in [0.05, 0.1) is 6.61 Å². The van der Waals surface area contributed by atoms with Crippen molar-refractivity contribution in [2.45, 2.75) is 13.8 Å². The molecule has 0 aromatic rings. The number of aliphatic carboxylic acids is 1. The van der Waals surface area contributed by atoms with E-state index in [1.807, 2.05) is 0 Å². The number of hydrogen-bond donors (Lipinski definition) is 1. The number of carbonyl (C=O) groups is 5. The number of carboxylic acids is 1. The second-order valence-electron chi connectivity index (χ2n) is 2.41. The fraction of sp³-hybridized carbons (Fsp3) is 0.444. The van der Waals surface area contributed by atoms with Crippen LogP contribution in [0.1, 0.15) is 13.8 Å². The molecule has 0 aliphatic heterocycles. The molecule has 0 unspecified atom stereocenters. The van der Waals surface area contributed by atoms with Gasteiger partial charge in [-0.2, -0.15) is 0 Å². The predicted octanol–water partition coefficient (Wildman–Crippen LogP) is -0.776. The second kappa shape index (κ2) is 9.50. The van der Waals surface area contributed by atoms with E-state index >= 15 is 0 Å². The normalized spacial score (nSPS) is 8.44. The molecule has 0 aromatic carbocycles. The van der Waals surface area contributed by atoms with E-state index in [0.29, 0.717) is 0 Å². The number of hydrogen-bond acceptors (Lipinski definition) is 6. The largest absolute Gasteiger partial charge is 0.476 e. The lowest BCUT2D eigenvalue weighted by molar-refractivity contribution is -0.150. The maximum Gasteiger partial charge on any atom is 0.371 e. The second-order valence-corrected chi connectivity index (χ2v) is 2.41. The summed E-state index contributed by atoms with van der Waals surface area (Å²) in [5.74, 6) is -4.24. The molecule has 0 radical (unpaired) electrons. The lowest BCUT2D eigenvalue weighted by atomic mass is 10.2. The minimum absolute atomic E-state index is 0.178. The predicted molar refractivity (Wildman–Crippen MR) is 50.6 cm³/mol. The van der Waals surface area contributed by atoms with Gasteiger partial charge < -0.3 is 19.4 Å². The average Bonchev–Trinajstić information content (AvgIpc) is 2.20. The lowest BCUT2D eigenvalue weighted by Gasteiger charge is -2.00. The highest BCUT2D eigenvalue weighted by Crippen LogP contribution is 1.90. The van der Waals surface area contributed by atoms with Gasteiger partial charge >= 0.3 is 11.9 Å². The Morgan fingerprint density at radius 2 is 1.62 bits per heavy atom. The number of aldehydes is 2. The van der Waals surface area contributed by atoms with Crippen molar-refractivity contribution in [1.82, 2.24) is 0 Å². The molecule has 1 N–H and O–H groups in total. The topological polar surface area (TPSA) is 115 Å². The van der Waals surface area contributed by atoms with Gasteiger partial charge in [-0.3, -0.25) is 9.59 Å². The van der Waals surface area contributed by atoms with Gasteiger partial charge in [0.1, 0.15) is 12.6 Å². The zero-order chi connectivity index (χ0) is 13.1. The Bertz CT molecular complexity index is 262. The van der Waals surface area contributed by atoms with Crippen LogP contribution in [0.2, 0.25) is 0 Å². The van der Waals surface area contributed by atoms with E-state index in [9.17, 15) is 24.0 Å². The Labute approximate surface area is 91.4 Å². The number of ether oxygens (including phenoxy) is 1. The third-order valence-corrected chi connectivity index (χ3v) is 1.15. The number of Topliss-reactive ketones (excluding diaryl/α,β-unsaturated/α-hetero) is 1. The third-order valence-electron chi connectivity index (χ3n) is 1.15. The van der Waals surface area contributed by atoms with Crippen LogP contribution in [0.25, 0.3) is 0 Å². The van der Waals surface area contributed by atoms with Crippen molar-refractivity contribution in [2.24, 2.45) is 5.92 Å². The van der Waals surface area contributed by atoms with E-state index in [2.05, 4.69) is 4.74 Å². The highest BCUT2D eigenvalue weighted by Gasteiger charge is 2.16. The SMILES string of the molecule is CC(=O)C(=O)O.CCOC(=O)C(C=O)C=O. The quantitative estimate of drug-likeness (QED) is 0.286. The number of esters is 1. The van der Waals surface area contributed by atoms with E-state index < -0.39 is 23.6 Å². The van der Waals surface area contributed by atoms with Gasteiger partial charge in [-0.05, 0) is 6.92 Å². The van der Waals surface area contributed by atoms with Gasteiger partial charge in [-0.15, -0.1) is 0 Å².